The molecule has 1 heterocycles. The normalized spacial score (nSPS) is 18.2. The van der Waals surface area contributed by atoms with Gasteiger partial charge in [0.2, 0.25) is 5.91 Å². The van der Waals surface area contributed by atoms with Crippen LogP contribution in [0.5, 0.6) is 0 Å². The maximum atomic E-state index is 11.9. The van der Waals surface area contributed by atoms with Crippen molar-refractivity contribution in [1.82, 2.24) is 0 Å². The number of esters is 1. The third-order valence-corrected chi connectivity index (χ3v) is 3.73. The predicted octanol–water partition coefficient (Wildman–Crippen LogP) is 1.88. The summed E-state index contributed by atoms with van der Waals surface area (Å²) in [6.45, 7) is 0.218. The number of benzene rings is 1. The third-order valence-electron chi connectivity index (χ3n) is 3.10. The van der Waals surface area contributed by atoms with Crippen molar-refractivity contribution < 1.29 is 19.2 Å². The van der Waals surface area contributed by atoms with Crippen molar-refractivity contribution in [2.24, 2.45) is 5.92 Å². The van der Waals surface area contributed by atoms with Crippen LogP contribution in [0.25, 0.3) is 0 Å². The molecule has 0 saturated carbocycles. The monoisotopic (exact) mass is 342 g/mol. The number of hydrogen-bond donors (Lipinski definition) is 0. The van der Waals surface area contributed by atoms with Crippen LogP contribution in [0.15, 0.2) is 22.7 Å². The lowest BCUT2D eigenvalue weighted by Crippen LogP contribution is -2.26. The minimum absolute atomic E-state index is 0.0788. The van der Waals surface area contributed by atoms with Gasteiger partial charge in [0.05, 0.1) is 22.4 Å². The SMILES string of the molecule is COC(=O)C1CC(=O)N(c2ccc([N+](=O)[O-])c(Br)c2)C1. The highest BCUT2D eigenvalue weighted by molar-refractivity contribution is 9.10. The van der Waals surface area contributed by atoms with Gasteiger partial charge >= 0.3 is 5.97 Å². The van der Waals surface area contributed by atoms with Gasteiger partial charge in [-0.3, -0.25) is 19.7 Å². The highest BCUT2D eigenvalue weighted by atomic mass is 79.9. The number of nitro groups is 1. The van der Waals surface area contributed by atoms with Gasteiger partial charge in [0.15, 0.2) is 0 Å². The number of carbonyl (C=O) groups excluding carboxylic acids is 2. The van der Waals surface area contributed by atoms with E-state index in [-0.39, 0.29) is 29.0 Å². The van der Waals surface area contributed by atoms with Gasteiger partial charge in [-0.2, -0.15) is 0 Å². The van der Waals surface area contributed by atoms with Gasteiger partial charge in [-0.1, -0.05) is 0 Å². The van der Waals surface area contributed by atoms with Gasteiger partial charge in [0, 0.05) is 24.7 Å². The van der Waals surface area contributed by atoms with E-state index in [4.69, 9.17) is 0 Å². The molecule has 1 aromatic carbocycles. The zero-order valence-corrected chi connectivity index (χ0v) is 12.1. The highest BCUT2D eigenvalue weighted by Crippen LogP contribution is 2.32. The molecular formula is C12H11BrN2O5. The van der Waals surface area contributed by atoms with E-state index in [1.54, 1.807) is 0 Å². The van der Waals surface area contributed by atoms with E-state index in [0.29, 0.717) is 5.69 Å². The molecule has 0 N–H and O–H groups in total. The predicted molar refractivity (Wildman–Crippen MR) is 73.3 cm³/mol. The second kappa shape index (κ2) is 5.58. The number of nitrogens with zero attached hydrogens (tertiary/aromatic N) is 2. The van der Waals surface area contributed by atoms with Gasteiger partial charge < -0.3 is 9.64 Å². The zero-order valence-electron chi connectivity index (χ0n) is 10.5. The lowest BCUT2D eigenvalue weighted by Gasteiger charge is -2.16. The van der Waals surface area contributed by atoms with Crippen molar-refractivity contribution in [1.29, 1.82) is 0 Å². The summed E-state index contributed by atoms with van der Waals surface area (Å²) in [6.07, 6.45) is 0.0846. The van der Waals surface area contributed by atoms with E-state index in [9.17, 15) is 19.7 Å². The van der Waals surface area contributed by atoms with Crippen LogP contribution in [-0.2, 0) is 14.3 Å². The van der Waals surface area contributed by atoms with E-state index < -0.39 is 16.8 Å². The van der Waals surface area contributed by atoms with E-state index in [1.165, 1.54) is 30.2 Å². The first-order valence-corrected chi connectivity index (χ1v) is 6.55. The van der Waals surface area contributed by atoms with Crippen LogP contribution < -0.4 is 4.90 Å². The number of ether oxygens (including phenoxy) is 1. The highest BCUT2D eigenvalue weighted by Gasteiger charge is 2.36. The molecule has 8 heteroatoms. The number of nitro benzene ring substituents is 1. The van der Waals surface area contributed by atoms with Crippen molar-refractivity contribution in [3.05, 3.63) is 32.8 Å². The van der Waals surface area contributed by atoms with E-state index in [2.05, 4.69) is 20.7 Å². The number of hydrogen-bond acceptors (Lipinski definition) is 5. The molecule has 0 bridgehead atoms. The Morgan fingerprint density at radius 3 is 2.80 bits per heavy atom. The van der Waals surface area contributed by atoms with Crippen LogP contribution in [0, 0.1) is 16.0 Å². The third kappa shape index (κ3) is 2.64. The molecule has 2 rings (SSSR count). The Balaban J connectivity index is 2.24. The number of carbonyl (C=O) groups is 2. The van der Waals surface area contributed by atoms with Gasteiger partial charge in [0.25, 0.3) is 5.69 Å². The molecule has 0 spiro atoms. The molecular weight excluding hydrogens is 332 g/mol. The first-order chi connectivity index (χ1) is 9.43. The van der Waals surface area contributed by atoms with Gasteiger partial charge in [-0.05, 0) is 28.1 Å². The fourth-order valence-corrected chi connectivity index (χ4v) is 2.60. The topological polar surface area (TPSA) is 89.8 Å². The van der Waals surface area contributed by atoms with Gasteiger partial charge in [-0.25, -0.2) is 0 Å². The fourth-order valence-electron chi connectivity index (χ4n) is 2.09. The van der Waals surface area contributed by atoms with Gasteiger partial charge in [0.1, 0.15) is 0 Å². The molecule has 1 unspecified atom stereocenters. The zero-order chi connectivity index (χ0) is 14.9. The van der Waals surface area contributed by atoms with Gasteiger partial charge in [-0.15, -0.1) is 0 Å². The summed E-state index contributed by atoms with van der Waals surface area (Å²) in [5.41, 5.74) is 0.434. The van der Waals surface area contributed by atoms with Crippen LogP contribution in [0.2, 0.25) is 0 Å². The Kier molecular flexibility index (Phi) is 4.03. The molecule has 1 saturated heterocycles. The van der Waals surface area contributed by atoms with Crippen molar-refractivity contribution in [2.45, 2.75) is 6.42 Å². The lowest BCUT2D eigenvalue weighted by molar-refractivity contribution is -0.385. The van der Waals surface area contributed by atoms with E-state index in [1.807, 2.05) is 0 Å². The molecule has 1 fully saturated rings. The molecule has 1 amide bonds. The summed E-state index contributed by atoms with van der Waals surface area (Å²) in [7, 11) is 1.28. The Bertz CT molecular complexity index is 589. The lowest BCUT2D eigenvalue weighted by atomic mass is 10.1. The average molecular weight is 343 g/mol. The molecule has 0 radical (unpaired) electrons. The maximum absolute atomic E-state index is 11.9. The second-order valence-electron chi connectivity index (χ2n) is 4.32. The van der Waals surface area contributed by atoms with Crippen LogP contribution in [0.1, 0.15) is 6.42 Å². The Morgan fingerprint density at radius 1 is 1.55 bits per heavy atom. The summed E-state index contributed by atoms with van der Waals surface area (Å²) >= 11 is 3.10. The minimum atomic E-state index is -0.517. The number of rotatable bonds is 3. The van der Waals surface area contributed by atoms with E-state index >= 15 is 0 Å². The molecule has 0 aromatic heterocycles. The van der Waals surface area contributed by atoms with Crippen molar-refractivity contribution in [3.63, 3.8) is 0 Å². The largest absolute Gasteiger partial charge is 0.469 e. The number of halogens is 1. The fraction of sp³-hybridized carbons (Fsp3) is 0.333. The first kappa shape index (κ1) is 14.4. The average Bonchev–Trinajstić information content (AvgIpc) is 2.79. The molecule has 1 atom stereocenters. The summed E-state index contributed by atoms with van der Waals surface area (Å²) < 4.78 is 4.91. The minimum Gasteiger partial charge on any atom is -0.469 e. The van der Waals surface area contributed by atoms with Crippen LogP contribution in [0.3, 0.4) is 0 Å². The Labute approximate surface area is 122 Å². The summed E-state index contributed by atoms with van der Waals surface area (Å²) in [4.78, 5) is 35.0. The molecule has 1 aliphatic heterocycles. The van der Waals surface area contributed by atoms with Crippen LogP contribution in [-0.4, -0.2) is 30.5 Å². The Hall–Kier alpha value is -1.96. The molecule has 0 aliphatic carbocycles. The first-order valence-electron chi connectivity index (χ1n) is 5.76. The quantitative estimate of drug-likeness (QED) is 0.475. The van der Waals surface area contributed by atoms with Crippen molar-refractivity contribution >= 4 is 39.2 Å². The van der Waals surface area contributed by atoms with Crippen LogP contribution in [0.4, 0.5) is 11.4 Å². The Morgan fingerprint density at radius 2 is 2.25 bits per heavy atom. The van der Waals surface area contributed by atoms with Crippen molar-refractivity contribution in [3.8, 4) is 0 Å². The smallest absolute Gasteiger partial charge is 0.311 e. The summed E-state index contributed by atoms with van der Waals surface area (Å²) in [5.74, 6) is -1.13. The number of methoxy groups -OCH3 is 1. The molecule has 7 nitrogen and oxygen atoms in total. The standard InChI is InChI=1S/C12H11BrN2O5/c1-20-12(17)7-4-11(16)14(6-7)8-2-3-10(15(18)19)9(13)5-8/h2-3,5,7H,4,6H2,1H3. The summed E-state index contributed by atoms with van der Waals surface area (Å²) in [6, 6.07) is 4.30. The summed E-state index contributed by atoms with van der Waals surface area (Å²) in [5, 5.41) is 10.7. The van der Waals surface area contributed by atoms with E-state index in [0.717, 1.165) is 0 Å². The van der Waals surface area contributed by atoms with Crippen molar-refractivity contribution in [2.75, 3.05) is 18.6 Å². The maximum Gasteiger partial charge on any atom is 0.311 e. The molecule has 1 aromatic rings. The second-order valence-corrected chi connectivity index (χ2v) is 5.18. The molecule has 20 heavy (non-hydrogen) atoms. The molecule has 1 aliphatic rings. The molecule has 106 valence electrons. The van der Waals surface area contributed by atoms with Crippen LogP contribution >= 0.6 is 15.9 Å². The number of anilines is 1. The number of amides is 1.